The molecule has 0 amide bonds. The number of nitrogens with one attached hydrogen (secondary N) is 1. The van der Waals surface area contributed by atoms with Gasteiger partial charge in [0.05, 0.1) is 17.7 Å². The molecule has 0 atom stereocenters. The number of hydroxylamine groups is 1. The van der Waals surface area contributed by atoms with Crippen LogP contribution in [0.25, 0.3) is 0 Å². The molecular weight excluding hydrogens is 164 g/mol. The first kappa shape index (κ1) is 8.32. The van der Waals surface area contributed by atoms with Crippen molar-refractivity contribution in [2.24, 2.45) is 0 Å². The maximum atomic E-state index is 9.79. The molecule has 0 bridgehead atoms. The lowest BCUT2D eigenvalue weighted by Crippen LogP contribution is -2.15. The van der Waals surface area contributed by atoms with Crippen molar-refractivity contribution in [2.75, 3.05) is 6.61 Å². The Labute approximate surface area is 68.2 Å². The van der Waals surface area contributed by atoms with Crippen molar-refractivity contribution >= 4 is 17.6 Å². The monoisotopic (exact) mass is 172 g/mol. The summed E-state index contributed by atoms with van der Waals surface area (Å²) in [6.45, 7) is 0.613. The predicted octanol–water partition coefficient (Wildman–Crippen LogP) is 0.363. The van der Waals surface area contributed by atoms with Gasteiger partial charge in [0, 0.05) is 5.38 Å². The molecule has 1 rings (SSSR count). The van der Waals surface area contributed by atoms with Crippen molar-refractivity contribution in [2.45, 2.75) is 6.54 Å². The number of aromatic nitrogens is 1. The average molecular weight is 172 g/mol. The topological polar surface area (TPSA) is 51.2 Å². The fourth-order valence-electron chi connectivity index (χ4n) is 0.543. The van der Waals surface area contributed by atoms with Crippen LogP contribution in [0, 0.1) is 0 Å². The van der Waals surface area contributed by atoms with E-state index in [1.54, 1.807) is 5.51 Å². The average Bonchev–Trinajstić information content (AvgIpc) is 2.50. The summed E-state index contributed by atoms with van der Waals surface area (Å²) >= 11 is 1.53. The molecule has 0 aromatic carbocycles. The van der Waals surface area contributed by atoms with Crippen LogP contribution < -0.4 is 5.48 Å². The molecule has 1 aromatic heterocycles. The quantitative estimate of drug-likeness (QED) is 0.396. The number of nitrogens with zero attached hydrogens (tertiary/aromatic N) is 1. The zero-order valence-corrected chi connectivity index (χ0v) is 6.63. The Morgan fingerprint density at radius 1 is 1.82 bits per heavy atom. The molecule has 0 spiro atoms. The summed E-state index contributed by atoms with van der Waals surface area (Å²) in [7, 11) is 0. The van der Waals surface area contributed by atoms with E-state index in [2.05, 4.69) is 10.5 Å². The van der Waals surface area contributed by atoms with Crippen molar-refractivity contribution in [3.05, 3.63) is 16.6 Å². The minimum Gasteiger partial charge on any atom is -0.301 e. The third-order valence-corrected chi connectivity index (χ3v) is 1.63. The van der Waals surface area contributed by atoms with Gasteiger partial charge in [0.25, 0.3) is 0 Å². The van der Waals surface area contributed by atoms with E-state index in [9.17, 15) is 4.79 Å². The summed E-state index contributed by atoms with van der Waals surface area (Å²) in [5, 5.41) is 1.91. The van der Waals surface area contributed by atoms with E-state index in [4.69, 9.17) is 4.84 Å². The summed E-state index contributed by atoms with van der Waals surface area (Å²) < 4.78 is 0. The fourth-order valence-corrected chi connectivity index (χ4v) is 1.10. The van der Waals surface area contributed by atoms with E-state index in [1.807, 2.05) is 5.38 Å². The van der Waals surface area contributed by atoms with Crippen molar-refractivity contribution in [1.82, 2.24) is 10.5 Å². The molecule has 11 heavy (non-hydrogen) atoms. The Morgan fingerprint density at radius 3 is 3.36 bits per heavy atom. The number of aldehydes is 1. The minimum atomic E-state index is 0.0735. The van der Waals surface area contributed by atoms with Crippen molar-refractivity contribution in [1.29, 1.82) is 0 Å². The van der Waals surface area contributed by atoms with Crippen LogP contribution in [0.5, 0.6) is 0 Å². The third-order valence-electron chi connectivity index (χ3n) is 0.990. The molecule has 1 N–H and O–H groups in total. The fraction of sp³-hybridized carbons (Fsp3) is 0.333. The van der Waals surface area contributed by atoms with Crippen LogP contribution >= 0.6 is 11.3 Å². The van der Waals surface area contributed by atoms with E-state index in [1.165, 1.54) is 11.3 Å². The summed E-state index contributed by atoms with van der Waals surface area (Å²) in [6.07, 6.45) is 0.689. The van der Waals surface area contributed by atoms with Gasteiger partial charge in [-0.1, -0.05) is 0 Å². The Bertz CT molecular complexity index is 200. The van der Waals surface area contributed by atoms with Gasteiger partial charge in [-0.25, -0.2) is 4.98 Å². The Hall–Kier alpha value is -0.780. The summed E-state index contributed by atoms with van der Waals surface area (Å²) in [5.74, 6) is 0. The SMILES string of the molecule is O=CCONCc1cscn1. The molecule has 0 aliphatic heterocycles. The smallest absolute Gasteiger partial charge is 0.147 e. The summed E-state index contributed by atoms with van der Waals surface area (Å²) in [4.78, 5) is 18.5. The molecule has 0 radical (unpaired) electrons. The van der Waals surface area contributed by atoms with Gasteiger partial charge >= 0.3 is 0 Å². The molecule has 0 aliphatic rings. The van der Waals surface area contributed by atoms with Crippen LogP contribution in [-0.4, -0.2) is 17.9 Å². The molecule has 4 nitrogen and oxygen atoms in total. The second-order valence-corrected chi connectivity index (χ2v) is 2.50. The van der Waals surface area contributed by atoms with Gasteiger partial charge in [0.15, 0.2) is 0 Å². The van der Waals surface area contributed by atoms with E-state index in [-0.39, 0.29) is 6.61 Å². The summed E-state index contributed by atoms with van der Waals surface area (Å²) in [5.41, 5.74) is 5.27. The van der Waals surface area contributed by atoms with Crippen LogP contribution in [0.1, 0.15) is 5.69 Å². The van der Waals surface area contributed by atoms with Crippen LogP contribution in [0.4, 0.5) is 0 Å². The zero-order valence-electron chi connectivity index (χ0n) is 5.82. The lowest BCUT2D eigenvalue weighted by molar-refractivity contribution is -0.114. The van der Waals surface area contributed by atoms with Gasteiger partial charge < -0.3 is 4.79 Å². The highest BCUT2D eigenvalue weighted by Gasteiger charge is 1.92. The van der Waals surface area contributed by atoms with Crippen molar-refractivity contribution in [3.63, 3.8) is 0 Å². The molecule has 5 heteroatoms. The molecular formula is C6H8N2O2S. The minimum absolute atomic E-state index is 0.0735. The molecule has 1 aromatic rings. The van der Waals surface area contributed by atoms with Gasteiger partial charge in [-0.05, 0) is 0 Å². The Kier molecular flexibility index (Phi) is 3.74. The highest BCUT2D eigenvalue weighted by atomic mass is 32.1. The maximum Gasteiger partial charge on any atom is 0.147 e. The third kappa shape index (κ3) is 3.22. The molecule has 1 heterocycles. The molecule has 0 aliphatic carbocycles. The van der Waals surface area contributed by atoms with Gasteiger partial charge in [0.2, 0.25) is 0 Å². The number of carbonyl (C=O) groups is 1. The molecule has 0 saturated heterocycles. The van der Waals surface area contributed by atoms with Gasteiger partial charge in [-0.2, -0.15) is 5.48 Å². The first-order chi connectivity index (χ1) is 5.43. The van der Waals surface area contributed by atoms with Crippen molar-refractivity contribution in [3.8, 4) is 0 Å². The number of hydrogen-bond donors (Lipinski definition) is 1. The lowest BCUT2D eigenvalue weighted by Gasteiger charge is -1.98. The van der Waals surface area contributed by atoms with Crippen LogP contribution in [0.2, 0.25) is 0 Å². The number of carbonyl (C=O) groups excluding carboxylic acids is 1. The van der Waals surface area contributed by atoms with E-state index in [0.717, 1.165) is 5.69 Å². The number of thiazole rings is 1. The normalized spacial score (nSPS) is 9.82. The van der Waals surface area contributed by atoms with Crippen LogP contribution in [0.15, 0.2) is 10.9 Å². The van der Waals surface area contributed by atoms with Crippen LogP contribution in [0.3, 0.4) is 0 Å². The number of hydrogen-bond acceptors (Lipinski definition) is 5. The highest BCUT2D eigenvalue weighted by Crippen LogP contribution is 1.99. The highest BCUT2D eigenvalue weighted by molar-refractivity contribution is 7.07. The standard InChI is InChI=1S/C6H8N2O2S/c9-1-2-10-8-3-6-4-11-5-7-6/h1,4-5,8H,2-3H2. The molecule has 0 saturated carbocycles. The predicted molar refractivity (Wildman–Crippen MR) is 41.0 cm³/mol. The van der Waals surface area contributed by atoms with E-state index >= 15 is 0 Å². The van der Waals surface area contributed by atoms with Crippen molar-refractivity contribution < 1.29 is 9.63 Å². The zero-order chi connectivity index (χ0) is 7.94. The van der Waals surface area contributed by atoms with E-state index in [0.29, 0.717) is 12.8 Å². The maximum absolute atomic E-state index is 9.79. The first-order valence-corrected chi connectivity index (χ1v) is 4.03. The molecule has 0 unspecified atom stereocenters. The lowest BCUT2D eigenvalue weighted by atomic mass is 10.5. The van der Waals surface area contributed by atoms with E-state index < -0.39 is 0 Å². The van der Waals surface area contributed by atoms with Crippen LogP contribution in [-0.2, 0) is 16.2 Å². The van der Waals surface area contributed by atoms with Gasteiger partial charge in [0.1, 0.15) is 12.9 Å². The Morgan fingerprint density at radius 2 is 2.73 bits per heavy atom. The van der Waals surface area contributed by atoms with Gasteiger partial charge in [-0.3, -0.25) is 4.84 Å². The second kappa shape index (κ2) is 4.95. The second-order valence-electron chi connectivity index (χ2n) is 1.78. The first-order valence-electron chi connectivity index (χ1n) is 3.09. The molecule has 0 fully saturated rings. The molecule has 60 valence electrons. The summed E-state index contributed by atoms with van der Waals surface area (Å²) in [6, 6.07) is 0. The van der Waals surface area contributed by atoms with Gasteiger partial charge in [-0.15, -0.1) is 11.3 Å². The number of rotatable bonds is 5. The largest absolute Gasteiger partial charge is 0.301 e. The Balaban J connectivity index is 2.09.